The highest BCUT2D eigenvalue weighted by Gasteiger charge is 2.16. The van der Waals surface area contributed by atoms with E-state index in [1.807, 2.05) is 0 Å². The van der Waals surface area contributed by atoms with Gasteiger partial charge in [0.1, 0.15) is 5.75 Å². The van der Waals surface area contributed by atoms with E-state index in [9.17, 15) is 4.79 Å². The predicted molar refractivity (Wildman–Crippen MR) is 94.7 cm³/mol. The number of benzene rings is 2. The summed E-state index contributed by atoms with van der Waals surface area (Å²) < 4.78 is 15.9. The highest BCUT2D eigenvalue weighted by Crippen LogP contribution is 2.30. The van der Waals surface area contributed by atoms with Gasteiger partial charge in [0.25, 0.3) is 5.91 Å². The number of carbonyl (C=O) groups excluding carboxylic acids is 1. The molecule has 1 amide bonds. The van der Waals surface area contributed by atoms with Crippen LogP contribution in [0, 0.1) is 0 Å². The molecule has 0 aliphatic heterocycles. The van der Waals surface area contributed by atoms with Gasteiger partial charge in [-0.25, -0.2) is 0 Å². The molecule has 2 rings (SSSR count). The Kier molecular flexibility index (Phi) is 6.17. The van der Waals surface area contributed by atoms with Gasteiger partial charge in [0.05, 0.1) is 14.2 Å². The fourth-order valence-electron chi connectivity index (χ4n) is 2.01. The van der Waals surface area contributed by atoms with Crippen LogP contribution >= 0.6 is 23.2 Å². The molecule has 0 bridgehead atoms. The van der Waals surface area contributed by atoms with Crippen LogP contribution in [0.4, 0.5) is 5.69 Å². The minimum Gasteiger partial charge on any atom is -0.493 e. The van der Waals surface area contributed by atoms with Gasteiger partial charge in [0.2, 0.25) is 0 Å². The molecule has 5 nitrogen and oxygen atoms in total. The van der Waals surface area contributed by atoms with Crippen LogP contribution in [-0.4, -0.2) is 26.2 Å². The smallest absolute Gasteiger partial charge is 0.265 e. The predicted octanol–water partition coefficient (Wildman–Crippen LogP) is 4.42. The monoisotopic (exact) mass is 369 g/mol. The molecule has 0 saturated heterocycles. The van der Waals surface area contributed by atoms with Crippen molar-refractivity contribution in [2.24, 2.45) is 0 Å². The third-order valence-electron chi connectivity index (χ3n) is 3.17. The number of carbonyl (C=O) groups is 1. The normalized spacial score (nSPS) is 11.5. The summed E-state index contributed by atoms with van der Waals surface area (Å²) in [5.74, 6) is 1.19. The number of amides is 1. The standard InChI is InChI=1S/C17H17Cl2NO4/c1-10(24-14-7-11(18)6-12(19)8-14)17(21)20-13-4-5-15(22-2)16(9-13)23-3/h4-10H,1-3H3,(H,20,21). The quantitative estimate of drug-likeness (QED) is 0.818. The van der Waals surface area contributed by atoms with Gasteiger partial charge in [-0.2, -0.15) is 0 Å². The van der Waals surface area contributed by atoms with Crippen molar-refractivity contribution >= 4 is 34.8 Å². The fraction of sp³-hybridized carbons (Fsp3) is 0.235. The molecule has 0 saturated carbocycles. The molecule has 0 spiro atoms. The second-order valence-electron chi connectivity index (χ2n) is 4.92. The van der Waals surface area contributed by atoms with Crippen molar-refractivity contribution in [1.82, 2.24) is 0 Å². The van der Waals surface area contributed by atoms with Gasteiger partial charge in [0.15, 0.2) is 17.6 Å². The van der Waals surface area contributed by atoms with Gasteiger partial charge in [0, 0.05) is 21.8 Å². The lowest BCUT2D eigenvalue weighted by molar-refractivity contribution is -0.122. The highest BCUT2D eigenvalue weighted by atomic mass is 35.5. The van der Waals surface area contributed by atoms with Gasteiger partial charge in [-0.15, -0.1) is 0 Å². The molecule has 1 atom stereocenters. The number of nitrogens with one attached hydrogen (secondary N) is 1. The molecule has 0 aliphatic carbocycles. The molecule has 128 valence electrons. The number of rotatable bonds is 6. The maximum atomic E-state index is 12.3. The van der Waals surface area contributed by atoms with Crippen LogP contribution in [0.1, 0.15) is 6.92 Å². The third-order valence-corrected chi connectivity index (χ3v) is 3.61. The summed E-state index contributed by atoms with van der Waals surface area (Å²) in [5, 5.41) is 3.62. The van der Waals surface area contributed by atoms with Gasteiger partial charge in [-0.1, -0.05) is 23.2 Å². The molecule has 0 aliphatic rings. The number of anilines is 1. The molecule has 2 aromatic carbocycles. The Morgan fingerprint density at radius 3 is 2.21 bits per heavy atom. The Labute approximate surface area is 150 Å². The largest absolute Gasteiger partial charge is 0.493 e. The molecule has 1 unspecified atom stereocenters. The Bertz CT molecular complexity index is 716. The van der Waals surface area contributed by atoms with Crippen LogP contribution in [0.5, 0.6) is 17.2 Å². The first-order valence-corrected chi connectivity index (χ1v) is 7.84. The van der Waals surface area contributed by atoms with E-state index in [4.69, 9.17) is 37.4 Å². The molecule has 0 radical (unpaired) electrons. The topological polar surface area (TPSA) is 56.8 Å². The first-order valence-electron chi connectivity index (χ1n) is 7.08. The molecule has 0 heterocycles. The first kappa shape index (κ1) is 18.2. The number of halogens is 2. The maximum Gasteiger partial charge on any atom is 0.265 e. The summed E-state index contributed by atoms with van der Waals surface area (Å²) in [6, 6.07) is 9.85. The van der Waals surface area contributed by atoms with Crippen molar-refractivity contribution < 1.29 is 19.0 Å². The highest BCUT2D eigenvalue weighted by molar-refractivity contribution is 6.34. The van der Waals surface area contributed by atoms with Crippen molar-refractivity contribution in [3.8, 4) is 17.2 Å². The molecule has 0 aromatic heterocycles. The zero-order chi connectivity index (χ0) is 17.7. The number of ether oxygens (including phenoxy) is 3. The number of hydrogen-bond acceptors (Lipinski definition) is 4. The molecule has 7 heteroatoms. The fourth-order valence-corrected chi connectivity index (χ4v) is 2.52. The number of methoxy groups -OCH3 is 2. The van der Waals surface area contributed by atoms with Gasteiger partial charge in [-0.3, -0.25) is 4.79 Å². The average Bonchev–Trinajstić information content (AvgIpc) is 2.53. The summed E-state index contributed by atoms with van der Waals surface area (Å²) in [4.78, 5) is 12.3. The average molecular weight is 370 g/mol. The van der Waals surface area contributed by atoms with E-state index in [-0.39, 0.29) is 5.91 Å². The Balaban J connectivity index is 2.06. The lowest BCUT2D eigenvalue weighted by Crippen LogP contribution is -2.30. The van der Waals surface area contributed by atoms with Crippen molar-refractivity contribution in [3.05, 3.63) is 46.4 Å². The summed E-state index contributed by atoms with van der Waals surface area (Å²) in [7, 11) is 3.07. The Hall–Kier alpha value is -2.11. The lowest BCUT2D eigenvalue weighted by Gasteiger charge is -2.16. The molecular weight excluding hydrogens is 353 g/mol. The van der Waals surface area contributed by atoms with Crippen LogP contribution in [0.2, 0.25) is 10.0 Å². The van der Waals surface area contributed by atoms with E-state index in [1.54, 1.807) is 50.4 Å². The lowest BCUT2D eigenvalue weighted by atomic mass is 10.2. The minimum atomic E-state index is -0.743. The van der Waals surface area contributed by atoms with E-state index in [0.717, 1.165) is 0 Å². The maximum absolute atomic E-state index is 12.3. The molecular formula is C17H17Cl2NO4. The molecule has 24 heavy (non-hydrogen) atoms. The molecule has 0 fully saturated rings. The summed E-state index contributed by atoms with van der Waals surface area (Å²) in [6.45, 7) is 1.63. The number of hydrogen-bond donors (Lipinski definition) is 1. The van der Waals surface area contributed by atoms with Crippen LogP contribution in [-0.2, 0) is 4.79 Å². The summed E-state index contributed by atoms with van der Waals surface area (Å²) in [6.07, 6.45) is -0.743. The summed E-state index contributed by atoms with van der Waals surface area (Å²) >= 11 is 11.8. The van der Waals surface area contributed by atoms with E-state index in [2.05, 4.69) is 5.32 Å². The second kappa shape index (κ2) is 8.13. The molecule has 2 aromatic rings. The minimum absolute atomic E-state index is 0.321. The SMILES string of the molecule is COc1ccc(NC(=O)C(C)Oc2cc(Cl)cc(Cl)c2)cc1OC. The second-order valence-corrected chi connectivity index (χ2v) is 5.80. The van der Waals surface area contributed by atoms with E-state index in [0.29, 0.717) is 33.0 Å². The van der Waals surface area contributed by atoms with Crippen LogP contribution in [0.15, 0.2) is 36.4 Å². The zero-order valence-corrected chi connectivity index (χ0v) is 14.9. The van der Waals surface area contributed by atoms with Gasteiger partial charge < -0.3 is 19.5 Å². The Morgan fingerprint density at radius 2 is 1.62 bits per heavy atom. The van der Waals surface area contributed by atoms with Gasteiger partial charge in [-0.05, 0) is 37.3 Å². The third kappa shape index (κ3) is 4.69. The molecule has 1 N–H and O–H groups in total. The first-order chi connectivity index (χ1) is 11.4. The van der Waals surface area contributed by atoms with Crippen LogP contribution in [0.3, 0.4) is 0 Å². The van der Waals surface area contributed by atoms with Crippen LogP contribution < -0.4 is 19.5 Å². The van der Waals surface area contributed by atoms with Crippen molar-refractivity contribution in [1.29, 1.82) is 0 Å². The van der Waals surface area contributed by atoms with E-state index in [1.165, 1.54) is 7.11 Å². The van der Waals surface area contributed by atoms with E-state index >= 15 is 0 Å². The van der Waals surface area contributed by atoms with Crippen molar-refractivity contribution in [2.45, 2.75) is 13.0 Å². The summed E-state index contributed by atoms with van der Waals surface area (Å²) in [5.41, 5.74) is 0.567. The van der Waals surface area contributed by atoms with Crippen molar-refractivity contribution in [2.75, 3.05) is 19.5 Å². The Morgan fingerprint density at radius 1 is 1.00 bits per heavy atom. The van der Waals surface area contributed by atoms with Gasteiger partial charge >= 0.3 is 0 Å². The van der Waals surface area contributed by atoms with Crippen LogP contribution in [0.25, 0.3) is 0 Å². The van der Waals surface area contributed by atoms with Crippen molar-refractivity contribution in [3.63, 3.8) is 0 Å². The zero-order valence-electron chi connectivity index (χ0n) is 13.4. The van der Waals surface area contributed by atoms with E-state index < -0.39 is 6.10 Å².